The summed E-state index contributed by atoms with van der Waals surface area (Å²) in [6, 6.07) is 1.94. The summed E-state index contributed by atoms with van der Waals surface area (Å²) in [5.41, 5.74) is 0. The summed E-state index contributed by atoms with van der Waals surface area (Å²) in [5.74, 6) is -3.37. The average molecular weight is 289 g/mol. The number of rotatable bonds is 0. The van der Waals surface area contributed by atoms with Crippen molar-refractivity contribution in [3.63, 3.8) is 0 Å². The Morgan fingerprint density at radius 3 is 2.09 bits per heavy atom. The molecular weight excluding hydrogens is 289 g/mol. The summed E-state index contributed by atoms with van der Waals surface area (Å²) in [4.78, 5) is 0. The Kier molecular flexibility index (Phi) is 2.59. The van der Waals surface area contributed by atoms with Crippen LogP contribution in [0.3, 0.4) is 0 Å². The van der Waals surface area contributed by atoms with Crippen LogP contribution in [-0.2, 0) is 0 Å². The van der Waals surface area contributed by atoms with Gasteiger partial charge >= 0.3 is 0 Å². The van der Waals surface area contributed by atoms with Gasteiger partial charge in [0.25, 0.3) is 0 Å². The van der Waals surface area contributed by atoms with Crippen LogP contribution in [0.2, 0.25) is 0 Å². The molecule has 0 bridgehead atoms. The smallest absolute Gasteiger partial charge is 0.177 e. The van der Waals surface area contributed by atoms with E-state index in [9.17, 15) is 13.2 Å². The Morgan fingerprint density at radius 1 is 1.00 bits per heavy atom. The summed E-state index contributed by atoms with van der Waals surface area (Å²) in [6.45, 7) is 0. The highest BCUT2D eigenvalue weighted by Crippen LogP contribution is 2.26. The molecule has 5 heteroatoms. The number of hydrogen-bond acceptors (Lipinski definition) is 0. The molecule has 0 spiro atoms. The van der Waals surface area contributed by atoms with Crippen molar-refractivity contribution in [3.05, 3.63) is 32.5 Å². The molecule has 0 fully saturated rings. The molecule has 1 aromatic rings. The SMILES string of the molecule is Fc1[c]c(Br)c(F)c(F)c1Br. The van der Waals surface area contributed by atoms with E-state index in [1.54, 1.807) is 0 Å². The van der Waals surface area contributed by atoms with Gasteiger partial charge in [-0.25, -0.2) is 13.2 Å². The fourth-order valence-corrected chi connectivity index (χ4v) is 1.12. The third kappa shape index (κ3) is 1.59. The van der Waals surface area contributed by atoms with Gasteiger partial charge in [0, 0.05) is 6.07 Å². The molecule has 0 aliphatic rings. The predicted octanol–water partition coefficient (Wildman–Crippen LogP) is 3.43. The maximum atomic E-state index is 12.5. The van der Waals surface area contributed by atoms with Gasteiger partial charge in [0.1, 0.15) is 5.82 Å². The van der Waals surface area contributed by atoms with Gasteiger partial charge in [0.05, 0.1) is 8.95 Å². The van der Waals surface area contributed by atoms with E-state index in [4.69, 9.17) is 0 Å². The lowest BCUT2D eigenvalue weighted by atomic mass is 10.3. The van der Waals surface area contributed by atoms with Gasteiger partial charge in [-0.15, -0.1) is 0 Å². The van der Waals surface area contributed by atoms with Crippen molar-refractivity contribution in [3.8, 4) is 0 Å². The van der Waals surface area contributed by atoms with Gasteiger partial charge in [0.2, 0.25) is 0 Å². The molecule has 1 radical (unpaired) electrons. The van der Waals surface area contributed by atoms with Crippen LogP contribution in [0.4, 0.5) is 13.2 Å². The van der Waals surface area contributed by atoms with Crippen molar-refractivity contribution in [2.75, 3.05) is 0 Å². The maximum absolute atomic E-state index is 12.5. The van der Waals surface area contributed by atoms with Crippen molar-refractivity contribution in [1.29, 1.82) is 0 Å². The van der Waals surface area contributed by atoms with E-state index in [1.165, 1.54) is 0 Å². The fraction of sp³-hybridized carbons (Fsp3) is 0. The van der Waals surface area contributed by atoms with E-state index in [-0.39, 0.29) is 4.47 Å². The van der Waals surface area contributed by atoms with Crippen molar-refractivity contribution >= 4 is 31.9 Å². The van der Waals surface area contributed by atoms with E-state index in [0.717, 1.165) is 0 Å². The molecule has 0 saturated heterocycles. The first-order valence-corrected chi connectivity index (χ1v) is 4.03. The van der Waals surface area contributed by atoms with Crippen molar-refractivity contribution < 1.29 is 13.2 Å². The molecule has 1 rings (SSSR count). The number of hydrogen-bond donors (Lipinski definition) is 0. The predicted molar refractivity (Wildman–Crippen MR) is 40.6 cm³/mol. The molecule has 0 N–H and O–H groups in total. The second-order valence-electron chi connectivity index (χ2n) is 1.69. The van der Waals surface area contributed by atoms with E-state index in [2.05, 4.69) is 31.9 Å². The van der Waals surface area contributed by atoms with E-state index in [1.807, 2.05) is 6.07 Å². The van der Waals surface area contributed by atoms with Crippen molar-refractivity contribution in [2.24, 2.45) is 0 Å². The highest BCUT2D eigenvalue weighted by atomic mass is 79.9. The van der Waals surface area contributed by atoms with E-state index < -0.39 is 21.9 Å². The molecular formula is C6Br2F3. The average Bonchev–Trinajstić information content (AvgIpc) is 1.97. The standard InChI is InChI=1S/C6Br2F3/c7-2-1-3(9)4(8)6(11)5(2)10. The maximum Gasteiger partial charge on any atom is 0.177 e. The molecule has 1 aromatic carbocycles. The molecule has 0 amide bonds. The second kappa shape index (κ2) is 3.15. The minimum Gasteiger partial charge on any atom is -0.205 e. The molecule has 0 aliphatic carbocycles. The van der Waals surface area contributed by atoms with E-state index >= 15 is 0 Å². The highest BCUT2D eigenvalue weighted by Gasteiger charge is 2.15. The summed E-state index contributed by atoms with van der Waals surface area (Å²) >= 11 is 5.12. The van der Waals surface area contributed by atoms with Crippen LogP contribution in [-0.4, -0.2) is 0 Å². The van der Waals surface area contributed by atoms with Crippen LogP contribution >= 0.6 is 31.9 Å². The Labute approximate surface area is 77.7 Å². The van der Waals surface area contributed by atoms with Gasteiger partial charge in [-0.1, -0.05) is 0 Å². The fourth-order valence-electron chi connectivity index (χ4n) is 0.495. The molecule has 0 aliphatic heterocycles. The van der Waals surface area contributed by atoms with Gasteiger partial charge < -0.3 is 0 Å². The van der Waals surface area contributed by atoms with Crippen LogP contribution in [0, 0.1) is 23.5 Å². The quantitative estimate of drug-likeness (QED) is 0.507. The van der Waals surface area contributed by atoms with Crippen LogP contribution in [0.1, 0.15) is 0 Å². The second-order valence-corrected chi connectivity index (χ2v) is 3.28. The first-order valence-electron chi connectivity index (χ1n) is 2.44. The zero-order valence-electron chi connectivity index (χ0n) is 4.89. The first-order chi connectivity index (χ1) is 5.04. The zero-order valence-corrected chi connectivity index (χ0v) is 8.06. The molecule has 11 heavy (non-hydrogen) atoms. The molecule has 0 heterocycles. The first kappa shape index (κ1) is 9.06. The van der Waals surface area contributed by atoms with Gasteiger partial charge in [-0.2, -0.15) is 0 Å². The third-order valence-electron chi connectivity index (χ3n) is 0.990. The molecule has 0 atom stereocenters. The number of halogens is 5. The summed E-state index contributed by atoms with van der Waals surface area (Å²) < 4.78 is 36.6. The minimum absolute atomic E-state index is 0.351. The lowest BCUT2D eigenvalue weighted by molar-refractivity contribution is 0.482. The topological polar surface area (TPSA) is 0 Å². The molecule has 0 unspecified atom stereocenters. The molecule has 0 aromatic heterocycles. The molecule has 0 nitrogen and oxygen atoms in total. The summed E-state index contributed by atoms with van der Waals surface area (Å²) in [5, 5.41) is 0. The van der Waals surface area contributed by atoms with Crippen LogP contribution < -0.4 is 0 Å². The Bertz CT molecular complexity index is 272. The van der Waals surface area contributed by atoms with Crippen molar-refractivity contribution in [1.82, 2.24) is 0 Å². The highest BCUT2D eigenvalue weighted by molar-refractivity contribution is 9.11. The van der Waals surface area contributed by atoms with Crippen LogP contribution in [0.15, 0.2) is 8.95 Å². The monoisotopic (exact) mass is 287 g/mol. The molecule has 59 valence electrons. The minimum atomic E-state index is -1.26. The Morgan fingerprint density at radius 2 is 1.55 bits per heavy atom. The largest absolute Gasteiger partial charge is 0.205 e. The lowest BCUT2D eigenvalue weighted by Crippen LogP contribution is -1.91. The van der Waals surface area contributed by atoms with Gasteiger partial charge in [-0.05, 0) is 31.9 Å². The van der Waals surface area contributed by atoms with Gasteiger partial charge in [0.15, 0.2) is 11.6 Å². The van der Waals surface area contributed by atoms with Crippen molar-refractivity contribution in [2.45, 2.75) is 0 Å². The summed E-state index contributed by atoms with van der Waals surface area (Å²) in [7, 11) is 0. The van der Waals surface area contributed by atoms with Crippen LogP contribution in [0.25, 0.3) is 0 Å². The third-order valence-corrected chi connectivity index (χ3v) is 2.23. The molecule has 0 saturated carbocycles. The summed E-state index contributed by atoms with van der Waals surface area (Å²) in [6.07, 6.45) is 0. The Balaban J connectivity index is 3.46. The van der Waals surface area contributed by atoms with Crippen LogP contribution in [0.5, 0.6) is 0 Å². The number of benzene rings is 1. The zero-order chi connectivity index (χ0) is 8.59. The lowest BCUT2D eigenvalue weighted by Gasteiger charge is -1.98. The van der Waals surface area contributed by atoms with Gasteiger partial charge in [-0.3, -0.25) is 0 Å². The normalized spacial score (nSPS) is 10.3. The Hall–Kier alpha value is -0.0300. The van der Waals surface area contributed by atoms with E-state index in [0.29, 0.717) is 0 Å².